The summed E-state index contributed by atoms with van der Waals surface area (Å²) in [5.74, 6) is 0.998. The maximum atomic E-state index is 5.87. The van der Waals surface area contributed by atoms with Crippen LogP contribution in [0.2, 0.25) is 0 Å². The van der Waals surface area contributed by atoms with Gasteiger partial charge in [0.05, 0.1) is 10.6 Å². The normalized spacial score (nSPS) is 10.2. The van der Waals surface area contributed by atoms with Crippen molar-refractivity contribution in [1.29, 1.82) is 0 Å². The molecule has 1 aromatic rings. The first-order valence-electron chi connectivity index (χ1n) is 3.94. The van der Waals surface area contributed by atoms with Gasteiger partial charge in [-0.1, -0.05) is 13.0 Å². The first-order chi connectivity index (χ1) is 5.66. The molecule has 0 unspecified atom stereocenters. The zero-order valence-corrected chi connectivity index (χ0v) is 8.24. The van der Waals surface area contributed by atoms with Gasteiger partial charge in [0.1, 0.15) is 0 Å². The third-order valence-corrected chi connectivity index (χ3v) is 2.77. The molecule has 0 bridgehead atoms. The maximum Gasteiger partial charge on any atom is 0.0535 e. The van der Waals surface area contributed by atoms with E-state index in [2.05, 4.69) is 6.92 Å². The zero-order valence-electron chi connectivity index (χ0n) is 7.42. The molecule has 0 radical (unpaired) electrons. The third kappa shape index (κ3) is 1.67. The van der Waals surface area contributed by atoms with Gasteiger partial charge in [-0.2, -0.15) is 0 Å². The summed E-state index contributed by atoms with van der Waals surface area (Å²) in [7, 11) is 0. The van der Waals surface area contributed by atoms with Gasteiger partial charge >= 0.3 is 0 Å². The van der Waals surface area contributed by atoms with Crippen LogP contribution in [0.3, 0.4) is 0 Å². The highest BCUT2D eigenvalue weighted by molar-refractivity contribution is 7.99. The SMILES string of the molecule is CCSc1c(N)ccc(C)c1N. The summed E-state index contributed by atoms with van der Waals surface area (Å²) in [5, 5.41) is 0. The highest BCUT2D eigenvalue weighted by Gasteiger charge is 2.05. The second-order valence-electron chi connectivity index (χ2n) is 2.65. The number of nitrogens with two attached hydrogens (primary N) is 2. The van der Waals surface area contributed by atoms with Crippen molar-refractivity contribution in [3.63, 3.8) is 0 Å². The zero-order chi connectivity index (χ0) is 9.14. The molecule has 0 saturated heterocycles. The van der Waals surface area contributed by atoms with E-state index in [1.165, 1.54) is 0 Å². The number of thioether (sulfide) groups is 1. The van der Waals surface area contributed by atoms with E-state index in [0.717, 1.165) is 27.6 Å². The predicted molar refractivity (Wildman–Crippen MR) is 56.4 cm³/mol. The Bertz CT molecular complexity index is 284. The van der Waals surface area contributed by atoms with Crippen LogP contribution in [0.25, 0.3) is 0 Å². The molecule has 0 aromatic heterocycles. The van der Waals surface area contributed by atoms with Crippen LogP contribution in [-0.4, -0.2) is 5.75 Å². The average molecular weight is 182 g/mol. The molecule has 3 heteroatoms. The Morgan fingerprint density at radius 3 is 2.58 bits per heavy atom. The fourth-order valence-electron chi connectivity index (χ4n) is 1.02. The minimum atomic E-state index is 0.782. The lowest BCUT2D eigenvalue weighted by Gasteiger charge is -2.09. The highest BCUT2D eigenvalue weighted by atomic mass is 32.2. The minimum absolute atomic E-state index is 0.782. The monoisotopic (exact) mass is 182 g/mol. The van der Waals surface area contributed by atoms with Gasteiger partial charge in [-0.3, -0.25) is 0 Å². The van der Waals surface area contributed by atoms with E-state index in [0.29, 0.717) is 0 Å². The second-order valence-corrected chi connectivity index (χ2v) is 3.92. The summed E-state index contributed by atoms with van der Waals surface area (Å²) in [6, 6.07) is 3.86. The van der Waals surface area contributed by atoms with Crippen molar-refractivity contribution in [3.8, 4) is 0 Å². The lowest BCUT2D eigenvalue weighted by molar-refractivity contribution is 1.36. The smallest absolute Gasteiger partial charge is 0.0535 e. The van der Waals surface area contributed by atoms with Crippen molar-refractivity contribution in [2.24, 2.45) is 0 Å². The molecule has 0 aliphatic heterocycles. The molecule has 0 saturated carbocycles. The minimum Gasteiger partial charge on any atom is -0.398 e. The van der Waals surface area contributed by atoms with E-state index in [1.807, 2.05) is 19.1 Å². The standard InChI is InChI=1S/C9H14N2S/c1-3-12-9-7(10)5-4-6(2)8(9)11/h4-5H,3,10-11H2,1-2H3. The first kappa shape index (κ1) is 9.26. The summed E-state index contributed by atoms with van der Waals surface area (Å²) < 4.78 is 0. The summed E-state index contributed by atoms with van der Waals surface area (Å²) in [5.41, 5.74) is 14.3. The van der Waals surface area contributed by atoms with Crippen molar-refractivity contribution < 1.29 is 0 Å². The summed E-state index contributed by atoms with van der Waals surface area (Å²) >= 11 is 1.69. The average Bonchev–Trinajstić information content (AvgIpc) is 2.06. The Hall–Kier alpha value is -0.830. The predicted octanol–water partition coefficient (Wildman–Crippen LogP) is 2.27. The van der Waals surface area contributed by atoms with Crippen molar-refractivity contribution in [2.45, 2.75) is 18.7 Å². The molecular weight excluding hydrogens is 168 g/mol. The fourth-order valence-corrected chi connectivity index (χ4v) is 1.86. The molecule has 66 valence electrons. The van der Waals surface area contributed by atoms with Crippen LogP contribution in [0.5, 0.6) is 0 Å². The molecule has 0 heterocycles. The molecule has 0 aliphatic carbocycles. The molecule has 0 atom stereocenters. The molecule has 0 aliphatic rings. The van der Waals surface area contributed by atoms with Gasteiger partial charge in [-0.15, -0.1) is 11.8 Å². The summed E-state index contributed by atoms with van der Waals surface area (Å²) in [6.07, 6.45) is 0. The number of nitrogen functional groups attached to an aromatic ring is 2. The Morgan fingerprint density at radius 1 is 1.33 bits per heavy atom. The van der Waals surface area contributed by atoms with Gasteiger partial charge in [0, 0.05) is 5.69 Å². The molecular formula is C9H14N2S. The Morgan fingerprint density at radius 2 is 2.00 bits per heavy atom. The van der Waals surface area contributed by atoms with Gasteiger partial charge in [0.25, 0.3) is 0 Å². The summed E-state index contributed by atoms with van der Waals surface area (Å²) in [4.78, 5) is 1.03. The second kappa shape index (κ2) is 3.72. The van der Waals surface area contributed by atoms with E-state index in [4.69, 9.17) is 11.5 Å². The number of aryl methyl sites for hydroxylation is 1. The van der Waals surface area contributed by atoms with Crippen LogP contribution < -0.4 is 11.5 Å². The fraction of sp³-hybridized carbons (Fsp3) is 0.333. The lowest BCUT2D eigenvalue weighted by Crippen LogP contribution is -1.97. The van der Waals surface area contributed by atoms with E-state index >= 15 is 0 Å². The lowest BCUT2D eigenvalue weighted by atomic mass is 10.2. The van der Waals surface area contributed by atoms with Crippen LogP contribution in [0.1, 0.15) is 12.5 Å². The van der Waals surface area contributed by atoms with Gasteiger partial charge in [-0.05, 0) is 24.3 Å². The molecule has 0 fully saturated rings. The highest BCUT2D eigenvalue weighted by Crippen LogP contribution is 2.32. The topological polar surface area (TPSA) is 52.0 Å². The molecule has 1 aromatic carbocycles. The van der Waals surface area contributed by atoms with Crippen LogP contribution in [0.15, 0.2) is 17.0 Å². The van der Waals surface area contributed by atoms with Gasteiger partial charge < -0.3 is 11.5 Å². The van der Waals surface area contributed by atoms with Crippen LogP contribution >= 0.6 is 11.8 Å². The van der Waals surface area contributed by atoms with E-state index < -0.39 is 0 Å². The maximum absolute atomic E-state index is 5.87. The van der Waals surface area contributed by atoms with Crippen LogP contribution in [0.4, 0.5) is 11.4 Å². The quantitative estimate of drug-likeness (QED) is 0.545. The summed E-state index contributed by atoms with van der Waals surface area (Å²) in [6.45, 7) is 4.08. The van der Waals surface area contributed by atoms with Crippen molar-refractivity contribution in [2.75, 3.05) is 17.2 Å². The van der Waals surface area contributed by atoms with Crippen molar-refractivity contribution in [3.05, 3.63) is 17.7 Å². The Labute approximate surface area is 77.3 Å². The van der Waals surface area contributed by atoms with Gasteiger partial charge in [0.2, 0.25) is 0 Å². The number of anilines is 2. The number of rotatable bonds is 2. The number of hydrogen-bond acceptors (Lipinski definition) is 3. The molecule has 2 nitrogen and oxygen atoms in total. The molecule has 12 heavy (non-hydrogen) atoms. The molecule has 4 N–H and O–H groups in total. The molecule has 1 rings (SSSR count). The van der Waals surface area contributed by atoms with E-state index in [1.54, 1.807) is 11.8 Å². The van der Waals surface area contributed by atoms with Gasteiger partial charge in [0.15, 0.2) is 0 Å². The largest absolute Gasteiger partial charge is 0.398 e. The van der Waals surface area contributed by atoms with E-state index in [9.17, 15) is 0 Å². The first-order valence-corrected chi connectivity index (χ1v) is 4.92. The van der Waals surface area contributed by atoms with Crippen molar-refractivity contribution >= 4 is 23.1 Å². The molecule has 0 amide bonds. The van der Waals surface area contributed by atoms with Crippen molar-refractivity contribution in [1.82, 2.24) is 0 Å². The Kier molecular flexibility index (Phi) is 2.87. The van der Waals surface area contributed by atoms with Gasteiger partial charge in [-0.25, -0.2) is 0 Å². The third-order valence-electron chi connectivity index (χ3n) is 1.73. The molecule has 0 spiro atoms. The number of hydrogen-bond donors (Lipinski definition) is 2. The number of benzene rings is 1. The van der Waals surface area contributed by atoms with Crippen LogP contribution in [0, 0.1) is 6.92 Å². The Balaban J connectivity index is 3.14. The van der Waals surface area contributed by atoms with E-state index in [-0.39, 0.29) is 0 Å². The van der Waals surface area contributed by atoms with Crippen LogP contribution in [-0.2, 0) is 0 Å².